The minimum Gasteiger partial charge on any atom is -0.488 e. The molecule has 0 aliphatic carbocycles. The third kappa shape index (κ3) is 6.29. The van der Waals surface area contributed by atoms with Crippen molar-refractivity contribution >= 4 is 23.2 Å². The molecule has 0 aliphatic heterocycles. The summed E-state index contributed by atoms with van der Waals surface area (Å²) < 4.78 is 10.5. The van der Waals surface area contributed by atoms with Gasteiger partial charge in [-0.3, -0.25) is 0 Å². The third-order valence-electron chi connectivity index (χ3n) is 2.80. The van der Waals surface area contributed by atoms with E-state index in [-0.39, 0.29) is 12.6 Å². The minimum atomic E-state index is -0.632. The molecule has 0 aliphatic rings. The molecule has 0 radical (unpaired) electrons. The zero-order valence-corrected chi connectivity index (χ0v) is 13.2. The normalized spacial score (nSPS) is 14.1. The fourth-order valence-electron chi connectivity index (χ4n) is 1.59. The highest BCUT2D eigenvalue weighted by molar-refractivity contribution is 6.37. The van der Waals surface area contributed by atoms with Crippen molar-refractivity contribution in [1.29, 1.82) is 0 Å². The molecule has 0 aromatic heterocycles. The van der Waals surface area contributed by atoms with Crippen molar-refractivity contribution in [2.24, 2.45) is 0 Å². The van der Waals surface area contributed by atoms with Gasteiger partial charge in [-0.05, 0) is 25.5 Å². The number of ether oxygens (including phenoxy) is 2. The van der Waals surface area contributed by atoms with Gasteiger partial charge in [0.25, 0.3) is 0 Å². The molecule has 1 aromatic carbocycles. The molecular formula is C14H21Cl2NO3. The lowest BCUT2D eigenvalue weighted by Crippen LogP contribution is -2.37. The molecule has 2 atom stereocenters. The number of methoxy groups -OCH3 is 1. The van der Waals surface area contributed by atoms with Gasteiger partial charge in [-0.2, -0.15) is 0 Å². The molecule has 0 spiro atoms. The van der Waals surface area contributed by atoms with E-state index in [0.717, 1.165) is 6.42 Å². The van der Waals surface area contributed by atoms with E-state index in [4.69, 9.17) is 32.7 Å². The number of aliphatic hydroxyl groups is 1. The van der Waals surface area contributed by atoms with Crippen molar-refractivity contribution in [2.45, 2.75) is 25.5 Å². The summed E-state index contributed by atoms with van der Waals surface area (Å²) in [6.07, 6.45) is 0.257. The van der Waals surface area contributed by atoms with Crippen molar-refractivity contribution in [2.75, 3.05) is 26.9 Å². The fourth-order valence-corrected chi connectivity index (χ4v) is 2.10. The lowest BCUT2D eigenvalue weighted by Gasteiger charge is -2.18. The Morgan fingerprint density at radius 3 is 2.55 bits per heavy atom. The first-order valence-electron chi connectivity index (χ1n) is 6.51. The highest BCUT2D eigenvalue weighted by Crippen LogP contribution is 2.32. The molecule has 114 valence electrons. The van der Waals surface area contributed by atoms with Gasteiger partial charge in [-0.15, -0.1) is 0 Å². The van der Waals surface area contributed by atoms with Crippen LogP contribution in [0.5, 0.6) is 5.75 Å². The smallest absolute Gasteiger partial charge is 0.156 e. The van der Waals surface area contributed by atoms with Crippen LogP contribution in [-0.4, -0.2) is 44.1 Å². The molecule has 1 rings (SSSR count). The standard InChI is InChI=1S/C14H21Cl2NO3/c1-10(6-7-19-2)17-8-11(18)9-20-14-12(15)4-3-5-13(14)16/h3-5,10-11,17-18H,6-9H2,1-2H3. The number of benzene rings is 1. The Kier molecular flexibility index (Phi) is 8.26. The van der Waals surface area contributed by atoms with Crippen LogP contribution in [0.25, 0.3) is 0 Å². The second-order valence-corrected chi connectivity index (χ2v) is 5.42. The highest BCUT2D eigenvalue weighted by Gasteiger charge is 2.11. The zero-order chi connectivity index (χ0) is 15.0. The molecule has 0 amide bonds. The Bertz CT molecular complexity index is 384. The maximum Gasteiger partial charge on any atom is 0.156 e. The summed E-state index contributed by atoms with van der Waals surface area (Å²) in [6, 6.07) is 5.40. The Morgan fingerprint density at radius 1 is 1.30 bits per heavy atom. The number of rotatable bonds is 9. The van der Waals surface area contributed by atoms with Crippen molar-refractivity contribution in [3.05, 3.63) is 28.2 Å². The van der Waals surface area contributed by atoms with Gasteiger partial charge in [0.05, 0.1) is 10.0 Å². The Morgan fingerprint density at radius 2 is 1.95 bits per heavy atom. The summed E-state index contributed by atoms with van der Waals surface area (Å²) in [5, 5.41) is 13.9. The predicted octanol–water partition coefficient (Wildman–Crippen LogP) is 2.75. The fraction of sp³-hybridized carbons (Fsp3) is 0.571. The van der Waals surface area contributed by atoms with Gasteiger partial charge in [-0.1, -0.05) is 29.3 Å². The molecule has 0 saturated heterocycles. The van der Waals surface area contributed by atoms with Gasteiger partial charge >= 0.3 is 0 Å². The summed E-state index contributed by atoms with van der Waals surface area (Å²) in [4.78, 5) is 0. The summed E-state index contributed by atoms with van der Waals surface area (Å²) >= 11 is 12.0. The van der Waals surface area contributed by atoms with E-state index in [9.17, 15) is 5.11 Å². The van der Waals surface area contributed by atoms with Crippen LogP contribution >= 0.6 is 23.2 Å². The van der Waals surface area contributed by atoms with Crippen LogP contribution in [0.3, 0.4) is 0 Å². The first kappa shape index (κ1) is 17.5. The van der Waals surface area contributed by atoms with Crippen LogP contribution in [0.4, 0.5) is 0 Å². The Balaban J connectivity index is 2.31. The molecule has 1 aromatic rings. The van der Waals surface area contributed by atoms with E-state index in [1.165, 1.54) is 0 Å². The van der Waals surface area contributed by atoms with Gasteiger partial charge in [0, 0.05) is 26.3 Å². The van der Waals surface area contributed by atoms with Crippen molar-refractivity contribution in [1.82, 2.24) is 5.32 Å². The van der Waals surface area contributed by atoms with E-state index in [1.807, 2.05) is 6.92 Å². The van der Waals surface area contributed by atoms with E-state index in [2.05, 4.69) is 5.32 Å². The second-order valence-electron chi connectivity index (χ2n) is 4.61. The second kappa shape index (κ2) is 9.42. The average Bonchev–Trinajstić information content (AvgIpc) is 2.42. The van der Waals surface area contributed by atoms with Crippen LogP contribution in [0.15, 0.2) is 18.2 Å². The molecule has 0 bridgehead atoms. The molecule has 0 heterocycles. The predicted molar refractivity (Wildman–Crippen MR) is 81.9 cm³/mol. The number of halogens is 2. The maximum atomic E-state index is 9.86. The first-order valence-corrected chi connectivity index (χ1v) is 7.27. The van der Waals surface area contributed by atoms with Crippen LogP contribution < -0.4 is 10.1 Å². The van der Waals surface area contributed by atoms with Crippen LogP contribution in [0.2, 0.25) is 10.0 Å². The van der Waals surface area contributed by atoms with Gasteiger partial charge in [-0.25, -0.2) is 0 Å². The van der Waals surface area contributed by atoms with Crippen molar-refractivity contribution < 1.29 is 14.6 Å². The molecule has 20 heavy (non-hydrogen) atoms. The maximum absolute atomic E-state index is 9.86. The topological polar surface area (TPSA) is 50.7 Å². The van der Waals surface area contributed by atoms with Gasteiger partial charge < -0.3 is 19.9 Å². The monoisotopic (exact) mass is 321 g/mol. The molecule has 0 fully saturated rings. The molecule has 4 nitrogen and oxygen atoms in total. The molecule has 2 unspecified atom stereocenters. The van der Waals surface area contributed by atoms with Crippen molar-refractivity contribution in [3.8, 4) is 5.75 Å². The molecule has 2 N–H and O–H groups in total. The number of para-hydroxylation sites is 1. The molecule has 0 saturated carbocycles. The average molecular weight is 322 g/mol. The lowest BCUT2D eigenvalue weighted by molar-refractivity contribution is 0.102. The number of hydrogen-bond acceptors (Lipinski definition) is 4. The lowest BCUT2D eigenvalue weighted by atomic mass is 10.2. The zero-order valence-electron chi connectivity index (χ0n) is 11.7. The number of aliphatic hydroxyl groups excluding tert-OH is 1. The Labute approximate surface area is 130 Å². The van der Waals surface area contributed by atoms with E-state index < -0.39 is 6.10 Å². The van der Waals surface area contributed by atoms with Gasteiger partial charge in [0.2, 0.25) is 0 Å². The largest absolute Gasteiger partial charge is 0.488 e. The summed E-state index contributed by atoms with van der Waals surface area (Å²) in [5.74, 6) is 0.405. The summed E-state index contributed by atoms with van der Waals surface area (Å²) in [5.41, 5.74) is 0. The van der Waals surface area contributed by atoms with Crippen molar-refractivity contribution in [3.63, 3.8) is 0 Å². The van der Waals surface area contributed by atoms with E-state index >= 15 is 0 Å². The quantitative estimate of drug-likeness (QED) is 0.734. The van der Waals surface area contributed by atoms with Crippen LogP contribution in [0.1, 0.15) is 13.3 Å². The van der Waals surface area contributed by atoms with Crippen LogP contribution in [-0.2, 0) is 4.74 Å². The minimum absolute atomic E-state index is 0.132. The summed E-state index contributed by atoms with van der Waals surface area (Å²) in [6.45, 7) is 3.30. The molecular weight excluding hydrogens is 301 g/mol. The highest BCUT2D eigenvalue weighted by atomic mass is 35.5. The van der Waals surface area contributed by atoms with E-state index in [1.54, 1.807) is 25.3 Å². The first-order chi connectivity index (χ1) is 9.54. The van der Waals surface area contributed by atoms with Gasteiger partial charge in [0.15, 0.2) is 5.75 Å². The molecule has 6 heteroatoms. The van der Waals surface area contributed by atoms with Gasteiger partial charge in [0.1, 0.15) is 12.7 Å². The van der Waals surface area contributed by atoms with E-state index in [0.29, 0.717) is 28.9 Å². The number of nitrogens with one attached hydrogen (secondary N) is 1. The summed E-state index contributed by atoms with van der Waals surface area (Å²) in [7, 11) is 1.67. The van der Waals surface area contributed by atoms with Crippen LogP contribution in [0, 0.1) is 0 Å². The third-order valence-corrected chi connectivity index (χ3v) is 3.39. The Hall–Kier alpha value is -0.520. The SMILES string of the molecule is COCCC(C)NCC(O)COc1c(Cl)cccc1Cl. The number of hydrogen-bond donors (Lipinski definition) is 2.